The highest BCUT2D eigenvalue weighted by molar-refractivity contribution is 7.86. The Hall–Kier alpha value is -0.170. The Morgan fingerprint density at radius 3 is 2.50 bits per heavy atom. The van der Waals surface area contributed by atoms with E-state index in [0.29, 0.717) is 13.0 Å². The minimum atomic E-state index is -3.43. The fourth-order valence-electron chi connectivity index (χ4n) is 0.569. The molecule has 5 nitrogen and oxygen atoms in total. The Morgan fingerprint density at radius 1 is 1.33 bits per heavy atom. The molecule has 0 bridgehead atoms. The molecular formula is C6H15NO4S. The minimum absolute atomic E-state index is 0.129. The number of hydrogen-bond donors (Lipinski definition) is 2. The van der Waals surface area contributed by atoms with E-state index in [1.54, 1.807) is 0 Å². The van der Waals surface area contributed by atoms with Crippen LogP contribution in [0, 0.1) is 0 Å². The van der Waals surface area contributed by atoms with Crippen LogP contribution >= 0.6 is 0 Å². The lowest BCUT2D eigenvalue weighted by Crippen LogP contribution is -2.14. The first-order valence-electron chi connectivity index (χ1n) is 3.80. The highest BCUT2D eigenvalue weighted by atomic mass is 32.2. The molecule has 0 aromatic rings. The fourth-order valence-corrected chi connectivity index (χ4v) is 1.54. The molecule has 74 valence electrons. The van der Waals surface area contributed by atoms with Crippen molar-refractivity contribution in [1.29, 1.82) is 0 Å². The molecule has 0 saturated carbocycles. The molecule has 0 rings (SSSR count). The maximum atomic E-state index is 10.9. The molecule has 0 unspecified atom stereocenters. The highest BCUT2D eigenvalue weighted by Gasteiger charge is 2.09. The second-order valence-electron chi connectivity index (χ2n) is 2.30. The van der Waals surface area contributed by atoms with Gasteiger partial charge in [-0.1, -0.05) is 0 Å². The lowest BCUT2D eigenvalue weighted by atomic mass is 10.5. The molecule has 0 aliphatic heterocycles. The Bertz CT molecular complexity index is 190. The van der Waals surface area contributed by atoms with Gasteiger partial charge in [-0.05, 0) is 19.4 Å². The monoisotopic (exact) mass is 197 g/mol. The van der Waals surface area contributed by atoms with Gasteiger partial charge in [0.2, 0.25) is 0 Å². The van der Waals surface area contributed by atoms with Crippen molar-refractivity contribution in [3.8, 4) is 0 Å². The van der Waals surface area contributed by atoms with Crippen LogP contribution in [0.3, 0.4) is 0 Å². The molecule has 0 aromatic heterocycles. The predicted octanol–water partition coefficient (Wildman–Crippen LogP) is -0.936. The van der Waals surface area contributed by atoms with Crippen LogP contribution in [0.15, 0.2) is 0 Å². The summed E-state index contributed by atoms with van der Waals surface area (Å²) in [7, 11) is -3.43. The van der Waals surface area contributed by atoms with Gasteiger partial charge in [0.1, 0.15) is 0 Å². The van der Waals surface area contributed by atoms with E-state index in [1.165, 1.54) is 0 Å². The van der Waals surface area contributed by atoms with Gasteiger partial charge >= 0.3 is 0 Å². The smallest absolute Gasteiger partial charge is 0.267 e. The summed E-state index contributed by atoms with van der Waals surface area (Å²) in [6, 6.07) is 0. The van der Waals surface area contributed by atoms with Crippen LogP contribution in [-0.2, 0) is 14.3 Å². The summed E-state index contributed by atoms with van der Waals surface area (Å²) in [5.74, 6) is -0.131. The Kier molecular flexibility index (Phi) is 6.27. The Morgan fingerprint density at radius 2 is 2.00 bits per heavy atom. The third-order valence-corrected chi connectivity index (χ3v) is 2.48. The summed E-state index contributed by atoms with van der Waals surface area (Å²) in [6.07, 6.45) is 0.739. The lowest BCUT2D eigenvalue weighted by Gasteiger charge is -2.02. The average Bonchev–Trinajstić information content (AvgIpc) is 2.01. The summed E-state index contributed by atoms with van der Waals surface area (Å²) in [5, 5.41) is 8.36. The van der Waals surface area contributed by atoms with Gasteiger partial charge in [0.05, 0.1) is 12.4 Å². The predicted molar refractivity (Wildman–Crippen MR) is 45.1 cm³/mol. The topological polar surface area (TPSA) is 89.6 Å². The van der Waals surface area contributed by atoms with Crippen LogP contribution in [0.25, 0.3) is 0 Å². The molecule has 0 saturated heterocycles. The minimum Gasteiger partial charge on any atom is -0.396 e. The molecule has 0 spiro atoms. The second kappa shape index (κ2) is 6.36. The van der Waals surface area contributed by atoms with E-state index in [9.17, 15) is 8.42 Å². The first kappa shape index (κ1) is 11.8. The zero-order chi connectivity index (χ0) is 9.45. The van der Waals surface area contributed by atoms with E-state index in [2.05, 4.69) is 4.18 Å². The van der Waals surface area contributed by atoms with Crippen molar-refractivity contribution in [2.75, 3.05) is 25.5 Å². The van der Waals surface area contributed by atoms with Gasteiger partial charge in [0.15, 0.2) is 0 Å². The molecule has 12 heavy (non-hydrogen) atoms. The van der Waals surface area contributed by atoms with Gasteiger partial charge in [-0.3, -0.25) is 4.18 Å². The Balaban J connectivity index is 3.58. The summed E-state index contributed by atoms with van der Waals surface area (Å²) >= 11 is 0. The van der Waals surface area contributed by atoms with Gasteiger partial charge in [0, 0.05) is 6.61 Å². The first-order chi connectivity index (χ1) is 5.62. The molecule has 6 heteroatoms. The molecule has 0 aromatic carbocycles. The molecule has 0 aliphatic carbocycles. The zero-order valence-electron chi connectivity index (χ0n) is 6.90. The fraction of sp³-hybridized carbons (Fsp3) is 1.00. The van der Waals surface area contributed by atoms with Crippen molar-refractivity contribution in [3.63, 3.8) is 0 Å². The van der Waals surface area contributed by atoms with Gasteiger partial charge in [-0.25, -0.2) is 0 Å². The van der Waals surface area contributed by atoms with E-state index in [0.717, 1.165) is 0 Å². The van der Waals surface area contributed by atoms with E-state index in [1.807, 2.05) is 0 Å². The van der Waals surface area contributed by atoms with Crippen LogP contribution in [-0.4, -0.2) is 39.0 Å². The molecule has 0 radical (unpaired) electrons. The maximum Gasteiger partial charge on any atom is 0.267 e. The zero-order valence-corrected chi connectivity index (χ0v) is 7.72. The molecule has 0 fully saturated rings. The van der Waals surface area contributed by atoms with Crippen molar-refractivity contribution in [2.24, 2.45) is 5.73 Å². The molecule has 0 atom stereocenters. The van der Waals surface area contributed by atoms with E-state index in [4.69, 9.17) is 10.8 Å². The van der Waals surface area contributed by atoms with Crippen molar-refractivity contribution in [2.45, 2.75) is 12.8 Å². The van der Waals surface area contributed by atoms with Crippen molar-refractivity contribution in [1.82, 2.24) is 0 Å². The summed E-state index contributed by atoms with van der Waals surface area (Å²) in [5.41, 5.74) is 5.14. The maximum absolute atomic E-state index is 10.9. The third kappa shape index (κ3) is 6.53. The second-order valence-corrected chi connectivity index (χ2v) is 4.06. The number of aliphatic hydroxyl groups excluding tert-OH is 1. The number of aliphatic hydroxyl groups is 1. The molecule has 0 aliphatic rings. The SMILES string of the molecule is NCCCOS(=O)(=O)CCCO. The van der Waals surface area contributed by atoms with Gasteiger partial charge < -0.3 is 10.8 Å². The largest absolute Gasteiger partial charge is 0.396 e. The normalized spacial score (nSPS) is 11.8. The van der Waals surface area contributed by atoms with E-state index >= 15 is 0 Å². The van der Waals surface area contributed by atoms with Gasteiger partial charge in [-0.15, -0.1) is 0 Å². The van der Waals surface area contributed by atoms with E-state index < -0.39 is 10.1 Å². The summed E-state index contributed by atoms with van der Waals surface area (Å²) < 4.78 is 26.3. The number of rotatable bonds is 7. The van der Waals surface area contributed by atoms with Crippen LogP contribution in [0.1, 0.15) is 12.8 Å². The highest BCUT2D eigenvalue weighted by Crippen LogP contribution is 1.96. The van der Waals surface area contributed by atoms with E-state index in [-0.39, 0.29) is 25.4 Å². The standard InChI is InChI=1S/C6H15NO4S/c7-3-1-5-11-12(9,10)6-2-4-8/h8H,1-7H2. The number of hydrogen-bond acceptors (Lipinski definition) is 5. The van der Waals surface area contributed by atoms with Crippen molar-refractivity contribution < 1.29 is 17.7 Å². The molecule has 0 amide bonds. The molecule has 3 N–H and O–H groups in total. The van der Waals surface area contributed by atoms with Crippen LogP contribution in [0.2, 0.25) is 0 Å². The molecular weight excluding hydrogens is 182 g/mol. The average molecular weight is 197 g/mol. The Labute approximate surface area is 72.6 Å². The third-order valence-electron chi connectivity index (χ3n) is 1.16. The quantitative estimate of drug-likeness (QED) is 0.406. The van der Waals surface area contributed by atoms with Crippen LogP contribution < -0.4 is 5.73 Å². The molecule has 0 heterocycles. The van der Waals surface area contributed by atoms with Crippen molar-refractivity contribution >= 4 is 10.1 Å². The van der Waals surface area contributed by atoms with Crippen LogP contribution in [0.4, 0.5) is 0 Å². The summed E-state index contributed by atoms with van der Waals surface area (Å²) in [4.78, 5) is 0. The first-order valence-corrected chi connectivity index (χ1v) is 5.38. The van der Waals surface area contributed by atoms with Gasteiger partial charge in [-0.2, -0.15) is 8.42 Å². The van der Waals surface area contributed by atoms with Crippen LogP contribution in [0.5, 0.6) is 0 Å². The number of nitrogens with two attached hydrogens (primary N) is 1. The lowest BCUT2D eigenvalue weighted by molar-refractivity contribution is 0.285. The van der Waals surface area contributed by atoms with Gasteiger partial charge in [0.25, 0.3) is 10.1 Å². The summed E-state index contributed by atoms with van der Waals surface area (Å²) in [6.45, 7) is 0.402. The van der Waals surface area contributed by atoms with Crippen molar-refractivity contribution in [3.05, 3.63) is 0 Å².